The molecule has 0 aliphatic rings. The number of aryl methyl sites for hydroxylation is 1. The van der Waals surface area contributed by atoms with Crippen LogP contribution in [0.5, 0.6) is 0 Å². The van der Waals surface area contributed by atoms with Gasteiger partial charge in [-0.1, -0.05) is 17.3 Å². The Morgan fingerprint density at radius 1 is 1.41 bits per heavy atom. The maximum atomic E-state index is 12.0. The molecule has 90 valence electrons. The van der Waals surface area contributed by atoms with E-state index in [0.29, 0.717) is 17.4 Å². The molecule has 1 heterocycles. The molecular formula is C12H16N4O. The fraction of sp³-hybridized carbons (Fsp3) is 0.417. The van der Waals surface area contributed by atoms with Crippen molar-refractivity contribution in [1.82, 2.24) is 15.0 Å². The SMILES string of the molecule is CC(N)CCCn1nnc2ccccc2c1=O. The lowest BCUT2D eigenvalue weighted by Crippen LogP contribution is -2.25. The number of rotatable bonds is 4. The smallest absolute Gasteiger partial charge is 0.277 e. The van der Waals surface area contributed by atoms with E-state index in [9.17, 15) is 4.79 Å². The molecular weight excluding hydrogens is 216 g/mol. The summed E-state index contributed by atoms with van der Waals surface area (Å²) in [6, 6.07) is 7.39. The molecule has 0 spiro atoms. The number of benzene rings is 1. The van der Waals surface area contributed by atoms with Crippen molar-refractivity contribution in [3.8, 4) is 0 Å². The van der Waals surface area contributed by atoms with Crippen LogP contribution in [-0.2, 0) is 6.54 Å². The summed E-state index contributed by atoms with van der Waals surface area (Å²) >= 11 is 0. The highest BCUT2D eigenvalue weighted by molar-refractivity contribution is 5.76. The van der Waals surface area contributed by atoms with Crippen molar-refractivity contribution in [3.05, 3.63) is 34.6 Å². The molecule has 0 fully saturated rings. The van der Waals surface area contributed by atoms with E-state index in [1.807, 2.05) is 19.1 Å². The fourth-order valence-electron chi connectivity index (χ4n) is 1.73. The number of hydrogen-bond donors (Lipinski definition) is 1. The zero-order chi connectivity index (χ0) is 12.3. The van der Waals surface area contributed by atoms with Crippen LogP contribution in [0.15, 0.2) is 29.1 Å². The minimum Gasteiger partial charge on any atom is -0.328 e. The Morgan fingerprint density at radius 3 is 2.94 bits per heavy atom. The summed E-state index contributed by atoms with van der Waals surface area (Å²) in [6.45, 7) is 2.52. The molecule has 1 aromatic carbocycles. The molecule has 0 aliphatic heterocycles. The Labute approximate surface area is 99.2 Å². The highest BCUT2D eigenvalue weighted by atomic mass is 16.1. The molecule has 2 aromatic rings. The zero-order valence-electron chi connectivity index (χ0n) is 9.84. The third kappa shape index (κ3) is 2.68. The van der Waals surface area contributed by atoms with E-state index in [2.05, 4.69) is 10.3 Å². The Bertz CT molecular complexity index is 562. The van der Waals surface area contributed by atoms with E-state index in [-0.39, 0.29) is 11.6 Å². The number of hydrogen-bond acceptors (Lipinski definition) is 4. The Morgan fingerprint density at radius 2 is 2.18 bits per heavy atom. The molecule has 1 atom stereocenters. The highest BCUT2D eigenvalue weighted by Crippen LogP contribution is 2.04. The van der Waals surface area contributed by atoms with Crippen LogP contribution in [0.25, 0.3) is 10.9 Å². The third-order valence-electron chi connectivity index (χ3n) is 2.66. The van der Waals surface area contributed by atoms with Crippen LogP contribution in [0.1, 0.15) is 19.8 Å². The predicted molar refractivity (Wildman–Crippen MR) is 66.7 cm³/mol. The van der Waals surface area contributed by atoms with Gasteiger partial charge < -0.3 is 5.73 Å². The van der Waals surface area contributed by atoms with Gasteiger partial charge in [-0.2, -0.15) is 0 Å². The predicted octanol–water partition coefficient (Wildman–Crippen LogP) is 0.919. The lowest BCUT2D eigenvalue weighted by molar-refractivity contribution is 0.491. The van der Waals surface area contributed by atoms with Crippen molar-refractivity contribution in [3.63, 3.8) is 0 Å². The van der Waals surface area contributed by atoms with Gasteiger partial charge in [-0.05, 0) is 31.9 Å². The molecule has 1 aromatic heterocycles. The summed E-state index contributed by atoms with van der Waals surface area (Å²) in [5.41, 5.74) is 6.22. The minimum atomic E-state index is -0.0831. The Kier molecular flexibility index (Phi) is 3.49. The summed E-state index contributed by atoms with van der Waals surface area (Å²) in [7, 11) is 0. The van der Waals surface area contributed by atoms with Crippen molar-refractivity contribution in [1.29, 1.82) is 0 Å². The van der Waals surface area contributed by atoms with E-state index in [0.717, 1.165) is 12.8 Å². The van der Waals surface area contributed by atoms with Gasteiger partial charge in [-0.15, -0.1) is 5.10 Å². The van der Waals surface area contributed by atoms with Gasteiger partial charge in [0.15, 0.2) is 0 Å². The van der Waals surface area contributed by atoms with Crippen LogP contribution >= 0.6 is 0 Å². The zero-order valence-corrected chi connectivity index (χ0v) is 9.84. The lowest BCUT2D eigenvalue weighted by Gasteiger charge is -2.06. The molecule has 5 heteroatoms. The molecule has 17 heavy (non-hydrogen) atoms. The first-order valence-electron chi connectivity index (χ1n) is 5.76. The standard InChI is InChI=1S/C12H16N4O/c1-9(13)5-4-8-16-12(17)10-6-2-3-7-11(10)14-15-16/h2-3,6-7,9H,4-5,8,13H2,1H3. The molecule has 5 nitrogen and oxygen atoms in total. The molecule has 0 saturated carbocycles. The van der Waals surface area contributed by atoms with Gasteiger partial charge in [0.1, 0.15) is 5.52 Å². The molecule has 2 N–H and O–H groups in total. The average Bonchev–Trinajstić information content (AvgIpc) is 2.32. The normalized spacial score (nSPS) is 12.8. The average molecular weight is 232 g/mol. The van der Waals surface area contributed by atoms with Crippen molar-refractivity contribution in [2.75, 3.05) is 0 Å². The maximum absolute atomic E-state index is 12.0. The molecule has 0 bridgehead atoms. The summed E-state index contributed by atoms with van der Waals surface area (Å²) < 4.78 is 1.41. The summed E-state index contributed by atoms with van der Waals surface area (Å²) in [5.74, 6) is 0. The van der Waals surface area contributed by atoms with Crippen LogP contribution in [0.3, 0.4) is 0 Å². The molecule has 1 unspecified atom stereocenters. The van der Waals surface area contributed by atoms with Gasteiger partial charge in [0, 0.05) is 12.6 Å². The van der Waals surface area contributed by atoms with Gasteiger partial charge in [-0.3, -0.25) is 4.79 Å². The van der Waals surface area contributed by atoms with Crippen molar-refractivity contribution in [2.45, 2.75) is 32.4 Å². The summed E-state index contributed by atoms with van der Waals surface area (Å²) in [6.07, 6.45) is 1.71. The molecule has 0 aliphatic carbocycles. The monoisotopic (exact) mass is 232 g/mol. The second-order valence-corrected chi connectivity index (χ2v) is 4.25. The lowest BCUT2D eigenvalue weighted by atomic mass is 10.2. The van der Waals surface area contributed by atoms with Crippen molar-refractivity contribution in [2.24, 2.45) is 5.73 Å². The second-order valence-electron chi connectivity index (χ2n) is 4.25. The van der Waals surface area contributed by atoms with E-state index >= 15 is 0 Å². The Hall–Kier alpha value is -1.75. The number of nitrogens with two attached hydrogens (primary N) is 1. The third-order valence-corrected chi connectivity index (χ3v) is 2.66. The van der Waals surface area contributed by atoms with Gasteiger partial charge in [0.05, 0.1) is 5.39 Å². The van der Waals surface area contributed by atoms with E-state index in [4.69, 9.17) is 5.73 Å². The summed E-state index contributed by atoms with van der Waals surface area (Å²) in [5, 5.41) is 8.55. The van der Waals surface area contributed by atoms with E-state index in [1.165, 1.54) is 4.68 Å². The first kappa shape index (κ1) is 11.7. The van der Waals surface area contributed by atoms with Gasteiger partial charge >= 0.3 is 0 Å². The fourth-order valence-corrected chi connectivity index (χ4v) is 1.73. The van der Waals surface area contributed by atoms with Crippen LogP contribution < -0.4 is 11.3 Å². The first-order chi connectivity index (χ1) is 8.18. The summed E-state index contributed by atoms with van der Waals surface area (Å²) in [4.78, 5) is 12.0. The molecule has 0 amide bonds. The first-order valence-corrected chi connectivity index (χ1v) is 5.76. The van der Waals surface area contributed by atoms with Gasteiger partial charge in [0.2, 0.25) is 0 Å². The van der Waals surface area contributed by atoms with Gasteiger partial charge in [0.25, 0.3) is 5.56 Å². The maximum Gasteiger partial charge on any atom is 0.277 e. The van der Waals surface area contributed by atoms with Crippen LogP contribution in [0.4, 0.5) is 0 Å². The second kappa shape index (κ2) is 5.05. The van der Waals surface area contributed by atoms with E-state index < -0.39 is 0 Å². The van der Waals surface area contributed by atoms with Crippen LogP contribution in [0.2, 0.25) is 0 Å². The highest BCUT2D eigenvalue weighted by Gasteiger charge is 2.04. The molecule has 2 rings (SSSR count). The molecule has 0 radical (unpaired) electrons. The minimum absolute atomic E-state index is 0.0831. The van der Waals surface area contributed by atoms with E-state index in [1.54, 1.807) is 12.1 Å². The Balaban J connectivity index is 2.24. The largest absolute Gasteiger partial charge is 0.328 e. The number of nitrogens with zero attached hydrogens (tertiary/aromatic N) is 3. The number of aromatic nitrogens is 3. The van der Waals surface area contributed by atoms with Crippen molar-refractivity contribution < 1.29 is 0 Å². The van der Waals surface area contributed by atoms with Crippen molar-refractivity contribution >= 4 is 10.9 Å². The van der Waals surface area contributed by atoms with Gasteiger partial charge in [-0.25, -0.2) is 4.68 Å². The molecule has 0 saturated heterocycles. The van der Waals surface area contributed by atoms with Crippen LogP contribution in [-0.4, -0.2) is 21.0 Å². The topological polar surface area (TPSA) is 73.8 Å². The van der Waals surface area contributed by atoms with Crippen LogP contribution in [0, 0.1) is 0 Å². The quantitative estimate of drug-likeness (QED) is 0.850. The number of fused-ring (bicyclic) bond motifs is 1.